The van der Waals surface area contributed by atoms with Crippen LogP contribution in [0, 0.1) is 0 Å². The fourth-order valence-corrected chi connectivity index (χ4v) is 1.09. The van der Waals surface area contributed by atoms with Crippen molar-refractivity contribution >= 4 is 5.97 Å². The molecule has 96 valence electrons. The molecule has 0 aromatic carbocycles. The first kappa shape index (κ1) is 15.2. The Bertz CT molecular complexity index is 219. The highest BCUT2D eigenvalue weighted by Gasteiger charge is 2.31. The number of halogens is 3. The SMILES string of the molecule is CC(C)OC(=O)CN(CCO)CC(F)(F)F. The van der Waals surface area contributed by atoms with Gasteiger partial charge in [-0.25, -0.2) is 0 Å². The Labute approximate surface area is 92.0 Å². The molecule has 0 aromatic heterocycles. The van der Waals surface area contributed by atoms with E-state index in [1.807, 2.05) is 0 Å². The first-order chi connectivity index (χ1) is 7.24. The molecule has 0 heterocycles. The van der Waals surface area contributed by atoms with Crippen molar-refractivity contribution in [1.82, 2.24) is 4.90 Å². The van der Waals surface area contributed by atoms with Gasteiger partial charge in [0, 0.05) is 6.54 Å². The summed E-state index contributed by atoms with van der Waals surface area (Å²) in [5.41, 5.74) is 0. The molecular formula is C9H16F3NO3. The van der Waals surface area contributed by atoms with Crippen LogP contribution in [-0.2, 0) is 9.53 Å². The molecule has 7 heteroatoms. The normalized spacial score (nSPS) is 12.2. The first-order valence-corrected chi connectivity index (χ1v) is 4.84. The third-order valence-electron chi connectivity index (χ3n) is 1.54. The third-order valence-corrected chi connectivity index (χ3v) is 1.54. The number of carbonyl (C=O) groups is 1. The molecule has 0 unspecified atom stereocenters. The van der Waals surface area contributed by atoms with E-state index < -0.39 is 31.8 Å². The minimum absolute atomic E-state index is 0.216. The zero-order chi connectivity index (χ0) is 12.8. The molecule has 0 atom stereocenters. The van der Waals surface area contributed by atoms with E-state index in [4.69, 9.17) is 9.84 Å². The standard InChI is InChI=1S/C9H16F3NO3/c1-7(2)16-8(15)5-13(3-4-14)6-9(10,11)12/h7,14H,3-6H2,1-2H3. The van der Waals surface area contributed by atoms with Gasteiger partial charge in [0.1, 0.15) is 0 Å². The second-order valence-corrected chi connectivity index (χ2v) is 3.59. The smallest absolute Gasteiger partial charge is 0.401 e. The van der Waals surface area contributed by atoms with Crippen LogP contribution in [0.2, 0.25) is 0 Å². The topological polar surface area (TPSA) is 49.8 Å². The van der Waals surface area contributed by atoms with Crippen LogP contribution >= 0.6 is 0 Å². The lowest BCUT2D eigenvalue weighted by atomic mass is 10.4. The summed E-state index contributed by atoms with van der Waals surface area (Å²) in [6.45, 7) is 0.854. The predicted octanol–water partition coefficient (Wildman–Crippen LogP) is 0.795. The molecular weight excluding hydrogens is 227 g/mol. The second kappa shape index (κ2) is 6.70. The molecule has 0 bridgehead atoms. The molecule has 4 nitrogen and oxygen atoms in total. The van der Waals surface area contributed by atoms with Gasteiger partial charge in [-0.3, -0.25) is 9.69 Å². The van der Waals surface area contributed by atoms with E-state index in [0.29, 0.717) is 0 Å². The molecule has 0 aliphatic carbocycles. The van der Waals surface area contributed by atoms with Crippen LogP contribution in [0.1, 0.15) is 13.8 Å². The van der Waals surface area contributed by atoms with Crippen LogP contribution in [0.25, 0.3) is 0 Å². The number of aliphatic hydroxyl groups is 1. The van der Waals surface area contributed by atoms with Gasteiger partial charge in [0.25, 0.3) is 0 Å². The molecule has 0 rings (SSSR count). The summed E-state index contributed by atoms with van der Waals surface area (Å²) in [6, 6.07) is 0. The third kappa shape index (κ3) is 8.49. The van der Waals surface area contributed by atoms with E-state index >= 15 is 0 Å². The van der Waals surface area contributed by atoms with E-state index in [0.717, 1.165) is 4.90 Å². The molecule has 16 heavy (non-hydrogen) atoms. The van der Waals surface area contributed by atoms with Gasteiger partial charge in [0.2, 0.25) is 0 Å². The van der Waals surface area contributed by atoms with Crippen molar-refractivity contribution in [2.45, 2.75) is 26.1 Å². The maximum Gasteiger partial charge on any atom is 0.401 e. The Morgan fingerprint density at radius 1 is 1.44 bits per heavy atom. The Morgan fingerprint density at radius 3 is 2.38 bits per heavy atom. The summed E-state index contributed by atoms with van der Waals surface area (Å²) in [5, 5.41) is 8.57. The molecule has 0 fully saturated rings. The quantitative estimate of drug-likeness (QED) is 0.701. The molecule has 1 N–H and O–H groups in total. The summed E-state index contributed by atoms with van der Waals surface area (Å²) in [7, 11) is 0. The number of aliphatic hydroxyl groups excluding tert-OH is 1. The lowest BCUT2D eigenvalue weighted by molar-refractivity contribution is -0.159. The van der Waals surface area contributed by atoms with E-state index in [2.05, 4.69) is 0 Å². The molecule has 0 amide bonds. The summed E-state index contributed by atoms with van der Waals surface area (Å²) >= 11 is 0. The van der Waals surface area contributed by atoms with Crippen LogP contribution in [0.15, 0.2) is 0 Å². The average Bonchev–Trinajstić information content (AvgIpc) is 1.98. The van der Waals surface area contributed by atoms with Gasteiger partial charge in [0.05, 0.1) is 25.8 Å². The molecule has 0 radical (unpaired) electrons. The number of esters is 1. The summed E-state index contributed by atoms with van der Waals surface area (Å²) < 4.78 is 40.9. The lowest BCUT2D eigenvalue weighted by Crippen LogP contribution is -2.40. The van der Waals surface area contributed by atoms with Crippen LogP contribution < -0.4 is 0 Å². The second-order valence-electron chi connectivity index (χ2n) is 3.59. The summed E-state index contributed by atoms with van der Waals surface area (Å²) in [5.74, 6) is -0.729. The van der Waals surface area contributed by atoms with Gasteiger partial charge in [-0.15, -0.1) is 0 Å². The first-order valence-electron chi connectivity index (χ1n) is 4.84. The summed E-state index contributed by atoms with van der Waals surface area (Å²) in [6.07, 6.45) is -4.76. The number of hydrogen-bond donors (Lipinski definition) is 1. The van der Waals surface area contributed by atoms with E-state index in [1.54, 1.807) is 13.8 Å². The molecule has 0 saturated carbocycles. The highest BCUT2D eigenvalue weighted by Crippen LogP contribution is 2.16. The Hall–Kier alpha value is -0.820. The van der Waals surface area contributed by atoms with Crippen molar-refractivity contribution in [2.24, 2.45) is 0 Å². The van der Waals surface area contributed by atoms with Crippen molar-refractivity contribution < 1.29 is 27.8 Å². The fourth-order valence-electron chi connectivity index (χ4n) is 1.09. The zero-order valence-electron chi connectivity index (χ0n) is 9.25. The molecule has 0 aliphatic heterocycles. The maximum atomic E-state index is 12.1. The van der Waals surface area contributed by atoms with E-state index in [9.17, 15) is 18.0 Å². The molecule has 0 spiro atoms. The van der Waals surface area contributed by atoms with Crippen molar-refractivity contribution in [3.8, 4) is 0 Å². The molecule has 0 aromatic rings. The zero-order valence-corrected chi connectivity index (χ0v) is 9.25. The van der Waals surface area contributed by atoms with Gasteiger partial charge in [-0.05, 0) is 13.8 Å². The lowest BCUT2D eigenvalue weighted by Gasteiger charge is -2.22. The van der Waals surface area contributed by atoms with Crippen molar-refractivity contribution in [3.05, 3.63) is 0 Å². The van der Waals surface area contributed by atoms with E-state index in [-0.39, 0.29) is 12.6 Å². The van der Waals surface area contributed by atoms with Gasteiger partial charge in [0.15, 0.2) is 0 Å². The fraction of sp³-hybridized carbons (Fsp3) is 0.889. The van der Waals surface area contributed by atoms with Gasteiger partial charge < -0.3 is 9.84 Å². The van der Waals surface area contributed by atoms with Crippen LogP contribution in [-0.4, -0.2) is 54.5 Å². The van der Waals surface area contributed by atoms with Gasteiger partial charge >= 0.3 is 12.1 Å². The molecule has 0 saturated heterocycles. The monoisotopic (exact) mass is 243 g/mol. The minimum Gasteiger partial charge on any atom is -0.462 e. The Balaban J connectivity index is 4.17. The number of rotatable bonds is 6. The average molecular weight is 243 g/mol. The van der Waals surface area contributed by atoms with Crippen LogP contribution in [0.4, 0.5) is 13.2 Å². The Kier molecular flexibility index (Phi) is 6.35. The number of hydrogen-bond acceptors (Lipinski definition) is 4. The van der Waals surface area contributed by atoms with Gasteiger partial charge in [-0.2, -0.15) is 13.2 Å². The predicted molar refractivity (Wildman–Crippen MR) is 50.8 cm³/mol. The summed E-state index contributed by atoms with van der Waals surface area (Å²) in [4.78, 5) is 11.9. The van der Waals surface area contributed by atoms with Crippen molar-refractivity contribution in [2.75, 3.05) is 26.2 Å². The van der Waals surface area contributed by atoms with Crippen LogP contribution in [0.3, 0.4) is 0 Å². The Morgan fingerprint density at radius 2 is 2.00 bits per heavy atom. The number of nitrogens with zero attached hydrogens (tertiary/aromatic N) is 1. The maximum absolute atomic E-state index is 12.1. The van der Waals surface area contributed by atoms with Gasteiger partial charge in [-0.1, -0.05) is 0 Å². The molecule has 0 aliphatic rings. The minimum atomic E-state index is -4.40. The number of carbonyl (C=O) groups excluding carboxylic acids is 1. The van der Waals surface area contributed by atoms with Crippen molar-refractivity contribution in [3.63, 3.8) is 0 Å². The van der Waals surface area contributed by atoms with E-state index in [1.165, 1.54) is 0 Å². The van der Waals surface area contributed by atoms with Crippen LogP contribution in [0.5, 0.6) is 0 Å². The number of ether oxygens (including phenoxy) is 1. The largest absolute Gasteiger partial charge is 0.462 e. The highest BCUT2D eigenvalue weighted by molar-refractivity contribution is 5.71. The van der Waals surface area contributed by atoms with Crippen molar-refractivity contribution in [1.29, 1.82) is 0 Å². The highest BCUT2D eigenvalue weighted by atomic mass is 19.4. The number of alkyl halides is 3.